The van der Waals surface area contributed by atoms with E-state index in [0.29, 0.717) is 16.6 Å². The van der Waals surface area contributed by atoms with Crippen molar-refractivity contribution in [3.05, 3.63) is 64.0 Å². The molecular weight excluding hydrogens is 410 g/mol. The molecule has 0 unspecified atom stereocenters. The van der Waals surface area contributed by atoms with Gasteiger partial charge in [0, 0.05) is 45.0 Å². The van der Waals surface area contributed by atoms with Crippen molar-refractivity contribution in [2.45, 2.75) is 4.90 Å². The Morgan fingerprint density at radius 3 is 2.63 bits per heavy atom. The molecule has 0 atom stereocenters. The maximum atomic E-state index is 13.1. The molecular formula is C18H17N7O4S. The molecule has 0 saturated carbocycles. The number of anilines is 1. The molecule has 0 aliphatic rings. The number of rotatable bonds is 6. The van der Waals surface area contributed by atoms with Crippen LogP contribution >= 0.6 is 0 Å². The van der Waals surface area contributed by atoms with E-state index in [-0.39, 0.29) is 16.3 Å². The number of hydrogen-bond donors (Lipinski definition) is 0. The Bertz CT molecular complexity index is 1310. The molecule has 11 nitrogen and oxygen atoms in total. The number of sulfonamides is 1. The van der Waals surface area contributed by atoms with Gasteiger partial charge in [0.25, 0.3) is 15.7 Å². The molecule has 30 heavy (non-hydrogen) atoms. The number of hydrogen-bond acceptors (Lipinski definition) is 8. The number of pyridine rings is 1. The lowest BCUT2D eigenvalue weighted by Gasteiger charge is -2.20. The average Bonchev–Trinajstić information content (AvgIpc) is 3.13. The van der Waals surface area contributed by atoms with Crippen LogP contribution in [0.4, 0.5) is 11.4 Å². The summed E-state index contributed by atoms with van der Waals surface area (Å²) >= 11 is 0. The summed E-state index contributed by atoms with van der Waals surface area (Å²) in [5.41, 5.74) is 1.44. The fraction of sp³-hybridized carbons (Fsp3) is 0.167. The number of benzene rings is 1. The van der Waals surface area contributed by atoms with E-state index in [1.54, 1.807) is 37.3 Å². The van der Waals surface area contributed by atoms with Gasteiger partial charge in [-0.25, -0.2) is 4.52 Å². The highest BCUT2D eigenvalue weighted by atomic mass is 32.2. The standard InChI is InChI=1S/C18H17N7O4S/c1-22(2)16-5-4-15(25(26)27)9-18(16)30(28,29)23(3)20-11-14-12-21-24-7-6-13(10-19)8-17(14)24/h4-9,11-12H,1-3H3/b20-11+. The minimum atomic E-state index is -4.18. The van der Waals surface area contributed by atoms with Crippen LogP contribution in [0.3, 0.4) is 0 Å². The van der Waals surface area contributed by atoms with Gasteiger partial charge in [-0.2, -0.15) is 28.3 Å². The topological polar surface area (TPSA) is 137 Å². The van der Waals surface area contributed by atoms with Crippen LogP contribution in [-0.4, -0.2) is 54.7 Å². The van der Waals surface area contributed by atoms with Crippen LogP contribution in [0.25, 0.3) is 5.52 Å². The Kier molecular flexibility index (Phi) is 5.39. The third-order valence-electron chi connectivity index (χ3n) is 4.30. The maximum absolute atomic E-state index is 13.1. The fourth-order valence-corrected chi connectivity index (χ4v) is 3.95. The van der Waals surface area contributed by atoms with Crippen molar-refractivity contribution in [3.63, 3.8) is 0 Å². The van der Waals surface area contributed by atoms with Crippen molar-refractivity contribution in [2.75, 3.05) is 26.0 Å². The molecule has 12 heteroatoms. The van der Waals surface area contributed by atoms with Gasteiger partial charge in [-0.15, -0.1) is 0 Å². The largest absolute Gasteiger partial charge is 0.377 e. The zero-order valence-corrected chi connectivity index (χ0v) is 17.1. The maximum Gasteiger partial charge on any atom is 0.281 e. The summed E-state index contributed by atoms with van der Waals surface area (Å²) in [6.07, 6.45) is 4.39. The van der Waals surface area contributed by atoms with E-state index in [4.69, 9.17) is 5.26 Å². The van der Waals surface area contributed by atoms with Gasteiger partial charge in [0.1, 0.15) is 4.90 Å². The molecule has 0 aliphatic carbocycles. The number of aromatic nitrogens is 2. The molecule has 0 amide bonds. The predicted molar refractivity (Wildman–Crippen MR) is 110 cm³/mol. The van der Waals surface area contributed by atoms with Gasteiger partial charge in [0.05, 0.1) is 40.2 Å². The second kappa shape index (κ2) is 7.80. The van der Waals surface area contributed by atoms with Crippen molar-refractivity contribution >= 4 is 33.1 Å². The van der Waals surface area contributed by atoms with E-state index in [9.17, 15) is 18.5 Å². The molecule has 3 rings (SSSR count). The minimum Gasteiger partial charge on any atom is -0.377 e. The Labute approximate surface area is 172 Å². The molecule has 1 aromatic carbocycles. The fourth-order valence-electron chi connectivity index (χ4n) is 2.71. The normalized spacial score (nSPS) is 11.5. The molecule has 0 N–H and O–H groups in total. The first-order valence-corrected chi connectivity index (χ1v) is 9.95. The smallest absolute Gasteiger partial charge is 0.281 e. The van der Waals surface area contributed by atoms with Crippen LogP contribution in [0.1, 0.15) is 11.1 Å². The van der Waals surface area contributed by atoms with Crippen molar-refractivity contribution in [1.82, 2.24) is 14.0 Å². The summed E-state index contributed by atoms with van der Waals surface area (Å²) in [6, 6.07) is 8.85. The Hall–Kier alpha value is -3.98. The first-order chi connectivity index (χ1) is 14.1. The van der Waals surface area contributed by atoms with Gasteiger partial charge in [0.2, 0.25) is 0 Å². The monoisotopic (exact) mass is 427 g/mol. The number of fused-ring (bicyclic) bond motifs is 1. The van der Waals surface area contributed by atoms with Crippen LogP contribution in [0, 0.1) is 21.4 Å². The summed E-state index contributed by atoms with van der Waals surface area (Å²) < 4.78 is 28.4. The summed E-state index contributed by atoms with van der Waals surface area (Å²) in [5.74, 6) is 0. The molecule has 0 bridgehead atoms. The Balaban J connectivity index is 2.01. The van der Waals surface area contributed by atoms with Crippen LogP contribution in [0.2, 0.25) is 0 Å². The highest BCUT2D eigenvalue weighted by molar-refractivity contribution is 7.89. The molecule has 2 heterocycles. The van der Waals surface area contributed by atoms with E-state index < -0.39 is 14.9 Å². The molecule has 3 aromatic rings. The quantitative estimate of drug-likeness (QED) is 0.332. The molecule has 0 radical (unpaired) electrons. The number of nitro groups is 1. The zero-order chi connectivity index (χ0) is 22.1. The van der Waals surface area contributed by atoms with Crippen LogP contribution < -0.4 is 4.90 Å². The SMILES string of the molecule is CN(C)c1ccc([N+](=O)[O-])cc1S(=O)(=O)N(C)/N=C/c1cnn2ccc(C#N)cc12. The summed E-state index contributed by atoms with van der Waals surface area (Å²) in [4.78, 5) is 11.8. The van der Waals surface area contributed by atoms with E-state index in [1.165, 1.54) is 36.1 Å². The van der Waals surface area contributed by atoms with Crippen LogP contribution in [0.15, 0.2) is 52.7 Å². The van der Waals surface area contributed by atoms with Crippen molar-refractivity contribution in [1.29, 1.82) is 5.26 Å². The zero-order valence-electron chi connectivity index (χ0n) is 16.3. The van der Waals surface area contributed by atoms with Gasteiger partial charge in [-0.1, -0.05) is 0 Å². The van der Waals surface area contributed by atoms with Crippen LogP contribution in [-0.2, 0) is 10.0 Å². The number of non-ortho nitro benzene ring substituents is 1. The highest BCUT2D eigenvalue weighted by Crippen LogP contribution is 2.30. The van der Waals surface area contributed by atoms with Gasteiger partial charge >= 0.3 is 0 Å². The van der Waals surface area contributed by atoms with E-state index in [0.717, 1.165) is 10.5 Å². The first kappa shape index (κ1) is 20.7. The second-order valence-corrected chi connectivity index (χ2v) is 8.36. The highest BCUT2D eigenvalue weighted by Gasteiger charge is 2.27. The number of nitro benzene ring substituents is 1. The second-order valence-electron chi connectivity index (χ2n) is 6.44. The lowest BCUT2D eigenvalue weighted by molar-refractivity contribution is -0.385. The van der Waals surface area contributed by atoms with Crippen LogP contribution in [0.5, 0.6) is 0 Å². The van der Waals surface area contributed by atoms with Gasteiger partial charge < -0.3 is 4.90 Å². The minimum absolute atomic E-state index is 0.243. The van der Waals surface area contributed by atoms with Crippen molar-refractivity contribution in [2.24, 2.45) is 5.10 Å². The number of nitriles is 1. The lowest BCUT2D eigenvalue weighted by atomic mass is 10.2. The lowest BCUT2D eigenvalue weighted by Crippen LogP contribution is -2.24. The third-order valence-corrected chi connectivity index (χ3v) is 5.97. The number of nitrogens with zero attached hydrogens (tertiary/aromatic N) is 7. The first-order valence-electron chi connectivity index (χ1n) is 8.51. The van der Waals surface area contributed by atoms with Gasteiger partial charge in [-0.3, -0.25) is 10.1 Å². The molecule has 2 aromatic heterocycles. The van der Waals surface area contributed by atoms with Crippen molar-refractivity contribution < 1.29 is 13.3 Å². The van der Waals surface area contributed by atoms with E-state index in [2.05, 4.69) is 10.2 Å². The number of hydrazone groups is 1. The van der Waals surface area contributed by atoms with Crippen molar-refractivity contribution in [3.8, 4) is 6.07 Å². The summed E-state index contributed by atoms with van der Waals surface area (Å²) in [7, 11) is 0.321. The van der Waals surface area contributed by atoms with E-state index in [1.807, 2.05) is 6.07 Å². The predicted octanol–water partition coefficient (Wildman–Crippen LogP) is 1.83. The Morgan fingerprint density at radius 1 is 1.27 bits per heavy atom. The van der Waals surface area contributed by atoms with Gasteiger partial charge in [0.15, 0.2) is 0 Å². The third kappa shape index (κ3) is 3.78. The van der Waals surface area contributed by atoms with E-state index >= 15 is 0 Å². The summed E-state index contributed by atoms with van der Waals surface area (Å²) in [5, 5.41) is 28.3. The Morgan fingerprint density at radius 2 is 2.00 bits per heavy atom. The average molecular weight is 427 g/mol. The molecule has 0 saturated heterocycles. The molecule has 154 valence electrons. The molecule has 0 fully saturated rings. The van der Waals surface area contributed by atoms with Gasteiger partial charge in [-0.05, 0) is 18.2 Å². The molecule has 0 aliphatic heterocycles. The molecule has 0 spiro atoms. The summed E-state index contributed by atoms with van der Waals surface area (Å²) in [6.45, 7) is 0.